The Morgan fingerprint density at radius 1 is 1.42 bits per heavy atom. The first-order chi connectivity index (χ1) is 9.02. The van der Waals surface area contributed by atoms with Gasteiger partial charge in [-0.05, 0) is 19.4 Å². The van der Waals surface area contributed by atoms with Crippen molar-refractivity contribution in [3.05, 3.63) is 35.4 Å². The highest BCUT2D eigenvalue weighted by Crippen LogP contribution is 2.16. The van der Waals surface area contributed by atoms with Crippen LogP contribution in [0.2, 0.25) is 0 Å². The summed E-state index contributed by atoms with van der Waals surface area (Å²) in [6.07, 6.45) is 0. The molecule has 106 valence electrons. The Hall–Kier alpha value is -1.55. The van der Waals surface area contributed by atoms with E-state index in [1.54, 1.807) is 7.11 Å². The van der Waals surface area contributed by atoms with E-state index in [0.29, 0.717) is 25.0 Å². The molecule has 0 spiro atoms. The zero-order valence-corrected chi connectivity index (χ0v) is 12.3. The molecule has 0 aliphatic rings. The van der Waals surface area contributed by atoms with Gasteiger partial charge in [0.25, 0.3) is 0 Å². The van der Waals surface area contributed by atoms with Crippen molar-refractivity contribution in [3.63, 3.8) is 0 Å². The first-order valence-corrected chi connectivity index (χ1v) is 6.65. The standard InChI is InChI=1S/C15H25N3O/c1-11-6-5-7-14(8-11)12(2)9-17-15(16)18-13(3)10-19-4/h5-8,12-13H,9-10H2,1-4H3,(H3,16,17,18). The lowest BCUT2D eigenvalue weighted by Gasteiger charge is -2.14. The van der Waals surface area contributed by atoms with E-state index >= 15 is 0 Å². The van der Waals surface area contributed by atoms with Gasteiger partial charge in [0.15, 0.2) is 5.96 Å². The molecule has 0 saturated carbocycles. The fourth-order valence-corrected chi connectivity index (χ4v) is 1.91. The number of benzene rings is 1. The Kier molecular flexibility index (Phi) is 6.36. The second kappa shape index (κ2) is 7.79. The molecule has 1 rings (SSSR count). The molecule has 0 radical (unpaired) electrons. The number of hydrogen-bond donors (Lipinski definition) is 2. The maximum Gasteiger partial charge on any atom is 0.188 e. The van der Waals surface area contributed by atoms with Gasteiger partial charge in [-0.3, -0.25) is 4.99 Å². The minimum absolute atomic E-state index is 0.169. The van der Waals surface area contributed by atoms with Crippen LogP contribution in [0.3, 0.4) is 0 Å². The monoisotopic (exact) mass is 263 g/mol. The van der Waals surface area contributed by atoms with Crippen LogP contribution >= 0.6 is 0 Å². The highest BCUT2D eigenvalue weighted by Gasteiger charge is 2.06. The van der Waals surface area contributed by atoms with E-state index < -0.39 is 0 Å². The molecule has 3 N–H and O–H groups in total. The van der Waals surface area contributed by atoms with Gasteiger partial charge in [0.2, 0.25) is 0 Å². The SMILES string of the molecule is COCC(C)NC(N)=NCC(C)c1cccc(C)c1. The van der Waals surface area contributed by atoms with E-state index in [0.717, 1.165) is 0 Å². The Morgan fingerprint density at radius 3 is 2.79 bits per heavy atom. The molecule has 4 nitrogen and oxygen atoms in total. The maximum absolute atomic E-state index is 5.84. The molecule has 2 atom stereocenters. The minimum Gasteiger partial charge on any atom is -0.383 e. The first-order valence-electron chi connectivity index (χ1n) is 6.65. The molecule has 1 aromatic carbocycles. The molecule has 0 aliphatic carbocycles. The average molecular weight is 263 g/mol. The van der Waals surface area contributed by atoms with Crippen molar-refractivity contribution in [2.24, 2.45) is 10.7 Å². The molecule has 0 heterocycles. The third-order valence-corrected chi connectivity index (χ3v) is 2.96. The van der Waals surface area contributed by atoms with Crippen LogP contribution in [0, 0.1) is 6.92 Å². The highest BCUT2D eigenvalue weighted by atomic mass is 16.5. The molecule has 0 fully saturated rings. The van der Waals surface area contributed by atoms with Crippen LogP contribution in [-0.2, 0) is 4.74 Å². The van der Waals surface area contributed by atoms with Gasteiger partial charge in [-0.25, -0.2) is 0 Å². The fraction of sp³-hybridized carbons (Fsp3) is 0.533. The summed E-state index contributed by atoms with van der Waals surface area (Å²) in [7, 11) is 1.67. The van der Waals surface area contributed by atoms with E-state index in [-0.39, 0.29) is 6.04 Å². The van der Waals surface area contributed by atoms with E-state index in [2.05, 4.69) is 48.4 Å². The van der Waals surface area contributed by atoms with Crippen molar-refractivity contribution in [2.45, 2.75) is 32.7 Å². The van der Waals surface area contributed by atoms with E-state index in [1.807, 2.05) is 6.92 Å². The Balaban J connectivity index is 2.50. The van der Waals surface area contributed by atoms with Crippen LogP contribution in [0.1, 0.15) is 30.9 Å². The summed E-state index contributed by atoms with van der Waals surface area (Å²) in [4.78, 5) is 4.38. The fourth-order valence-electron chi connectivity index (χ4n) is 1.91. The van der Waals surface area contributed by atoms with Gasteiger partial charge in [0, 0.05) is 25.6 Å². The van der Waals surface area contributed by atoms with E-state index in [1.165, 1.54) is 11.1 Å². The number of guanidine groups is 1. The van der Waals surface area contributed by atoms with Crippen molar-refractivity contribution >= 4 is 5.96 Å². The summed E-state index contributed by atoms with van der Waals surface area (Å²) in [5.41, 5.74) is 8.41. The molecule has 2 unspecified atom stereocenters. The third-order valence-electron chi connectivity index (χ3n) is 2.96. The second-order valence-corrected chi connectivity index (χ2v) is 5.04. The van der Waals surface area contributed by atoms with Crippen molar-refractivity contribution in [2.75, 3.05) is 20.3 Å². The van der Waals surface area contributed by atoms with Crippen LogP contribution in [0.15, 0.2) is 29.3 Å². The van der Waals surface area contributed by atoms with Crippen LogP contribution in [0.25, 0.3) is 0 Å². The minimum atomic E-state index is 0.169. The van der Waals surface area contributed by atoms with Crippen LogP contribution in [-0.4, -0.2) is 32.3 Å². The Bertz CT molecular complexity index is 418. The summed E-state index contributed by atoms with van der Waals surface area (Å²) in [5, 5.41) is 3.10. The van der Waals surface area contributed by atoms with Gasteiger partial charge in [-0.2, -0.15) is 0 Å². The lowest BCUT2D eigenvalue weighted by atomic mass is 10.00. The number of nitrogens with one attached hydrogen (secondary N) is 1. The maximum atomic E-state index is 5.84. The predicted molar refractivity (Wildman–Crippen MR) is 80.6 cm³/mol. The summed E-state index contributed by atoms with van der Waals surface area (Å²) in [5.74, 6) is 0.835. The molecule has 1 aromatic rings. The number of aryl methyl sites for hydroxylation is 1. The molecular weight excluding hydrogens is 238 g/mol. The Morgan fingerprint density at radius 2 is 2.16 bits per heavy atom. The molecule has 0 aromatic heterocycles. The van der Waals surface area contributed by atoms with Crippen molar-refractivity contribution in [1.82, 2.24) is 5.32 Å². The first kappa shape index (κ1) is 15.5. The third kappa shape index (κ3) is 5.75. The number of hydrogen-bond acceptors (Lipinski definition) is 2. The molecule has 0 amide bonds. The number of methoxy groups -OCH3 is 1. The summed E-state index contributed by atoms with van der Waals surface area (Å²) < 4.78 is 5.04. The molecular formula is C15H25N3O. The molecule has 19 heavy (non-hydrogen) atoms. The topological polar surface area (TPSA) is 59.6 Å². The van der Waals surface area contributed by atoms with E-state index in [4.69, 9.17) is 10.5 Å². The van der Waals surface area contributed by atoms with Gasteiger partial charge in [-0.15, -0.1) is 0 Å². The molecule has 0 aliphatic heterocycles. The summed E-state index contributed by atoms with van der Waals surface area (Å²) >= 11 is 0. The highest BCUT2D eigenvalue weighted by molar-refractivity contribution is 5.78. The van der Waals surface area contributed by atoms with Gasteiger partial charge in [0.05, 0.1) is 6.61 Å². The zero-order valence-electron chi connectivity index (χ0n) is 12.3. The lowest BCUT2D eigenvalue weighted by Crippen LogP contribution is -2.40. The second-order valence-electron chi connectivity index (χ2n) is 5.04. The average Bonchev–Trinajstić information content (AvgIpc) is 2.36. The van der Waals surface area contributed by atoms with Gasteiger partial charge < -0.3 is 15.8 Å². The predicted octanol–water partition coefficient (Wildman–Crippen LogP) is 2.04. The molecule has 0 bridgehead atoms. The van der Waals surface area contributed by atoms with Crippen LogP contribution in [0.5, 0.6) is 0 Å². The van der Waals surface area contributed by atoms with E-state index in [9.17, 15) is 0 Å². The van der Waals surface area contributed by atoms with Crippen molar-refractivity contribution < 1.29 is 4.74 Å². The largest absolute Gasteiger partial charge is 0.383 e. The molecule has 4 heteroatoms. The van der Waals surface area contributed by atoms with Crippen molar-refractivity contribution in [1.29, 1.82) is 0 Å². The normalized spacial score (nSPS) is 15.1. The molecule has 0 saturated heterocycles. The van der Waals surface area contributed by atoms with Gasteiger partial charge in [0.1, 0.15) is 0 Å². The Labute approximate surface area is 116 Å². The quantitative estimate of drug-likeness (QED) is 0.610. The zero-order chi connectivity index (χ0) is 14.3. The van der Waals surface area contributed by atoms with Gasteiger partial charge >= 0.3 is 0 Å². The van der Waals surface area contributed by atoms with Crippen LogP contribution in [0.4, 0.5) is 0 Å². The van der Waals surface area contributed by atoms with Crippen LogP contribution < -0.4 is 11.1 Å². The number of rotatable bonds is 6. The smallest absolute Gasteiger partial charge is 0.188 e. The number of nitrogens with two attached hydrogens (primary N) is 1. The van der Waals surface area contributed by atoms with Gasteiger partial charge in [-0.1, -0.05) is 36.8 Å². The number of nitrogens with zero attached hydrogens (tertiary/aromatic N) is 1. The lowest BCUT2D eigenvalue weighted by molar-refractivity contribution is 0.179. The van der Waals surface area contributed by atoms with Crippen molar-refractivity contribution in [3.8, 4) is 0 Å². The summed E-state index contributed by atoms with van der Waals surface area (Å²) in [6, 6.07) is 8.67. The number of aliphatic imine (C=N–C) groups is 1. The number of ether oxygens (including phenoxy) is 1. The summed E-state index contributed by atoms with van der Waals surface area (Å²) in [6.45, 7) is 7.56.